The quantitative estimate of drug-likeness (QED) is 0.901. The number of fused-ring (bicyclic) bond motifs is 1. The van der Waals surface area contributed by atoms with E-state index in [1.165, 1.54) is 22.0 Å². The Morgan fingerprint density at radius 1 is 1.33 bits per heavy atom. The van der Waals surface area contributed by atoms with E-state index >= 15 is 0 Å². The zero-order valence-corrected chi connectivity index (χ0v) is 12.7. The number of rotatable bonds is 4. The molecule has 0 fully saturated rings. The molecule has 6 nitrogen and oxygen atoms in total. The van der Waals surface area contributed by atoms with Crippen LogP contribution in [0.5, 0.6) is 0 Å². The van der Waals surface area contributed by atoms with Gasteiger partial charge in [-0.25, -0.2) is 8.42 Å². The van der Waals surface area contributed by atoms with Crippen LogP contribution < -0.4 is 10.5 Å². The minimum absolute atomic E-state index is 0.0184. The highest BCUT2D eigenvalue weighted by Crippen LogP contribution is 2.27. The molecule has 3 N–H and O–H groups in total. The van der Waals surface area contributed by atoms with Gasteiger partial charge in [-0.15, -0.1) is 0 Å². The van der Waals surface area contributed by atoms with Crippen LogP contribution in [0.4, 0.5) is 11.5 Å². The van der Waals surface area contributed by atoms with E-state index < -0.39 is 10.0 Å². The first-order chi connectivity index (χ1) is 9.99. The van der Waals surface area contributed by atoms with E-state index in [-0.39, 0.29) is 10.7 Å². The van der Waals surface area contributed by atoms with Crippen LogP contribution >= 0.6 is 0 Å². The molecule has 0 saturated heterocycles. The van der Waals surface area contributed by atoms with Crippen LogP contribution in [0.3, 0.4) is 0 Å². The first-order valence-corrected chi connectivity index (χ1v) is 8.45. The number of nitrogens with zero attached hydrogens (tertiary/aromatic N) is 2. The van der Waals surface area contributed by atoms with E-state index in [2.05, 4.69) is 9.82 Å². The van der Waals surface area contributed by atoms with Gasteiger partial charge in [-0.1, -0.05) is 6.07 Å². The van der Waals surface area contributed by atoms with Crippen molar-refractivity contribution < 1.29 is 8.42 Å². The van der Waals surface area contributed by atoms with Crippen LogP contribution in [0.15, 0.2) is 29.3 Å². The highest BCUT2D eigenvalue weighted by molar-refractivity contribution is 7.92. The smallest absolute Gasteiger partial charge is 0.267 e. The third-order valence-corrected chi connectivity index (χ3v) is 5.12. The molecule has 112 valence electrons. The standard InChI is InChI=1S/C14H18N4O2S/c1-2-18-9-13(14(15)16-18)21(19,20)17-12-7-6-10-4-3-5-11(10)8-12/h6-9,17H,2-5H2,1H3,(H2,15,16). The van der Waals surface area contributed by atoms with Crippen LogP contribution in [-0.2, 0) is 29.4 Å². The summed E-state index contributed by atoms with van der Waals surface area (Å²) < 4.78 is 28.9. The monoisotopic (exact) mass is 306 g/mol. The topological polar surface area (TPSA) is 90.0 Å². The van der Waals surface area contributed by atoms with Crippen molar-refractivity contribution in [3.8, 4) is 0 Å². The molecule has 0 radical (unpaired) electrons. The molecule has 7 heteroatoms. The molecule has 0 amide bonds. The number of nitrogen functional groups attached to an aromatic ring is 1. The van der Waals surface area contributed by atoms with Crippen LogP contribution in [0.25, 0.3) is 0 Å². The summed E-state index contributed by atoms with van der Waals surface area (Å²) in [5.74, 6) is 0.0190. The first-order valence-electron chi connectivity index (χ1n) is 6.97. The van der Waals surface area contributed by atoms with Gasteiger partial charge in [-0.05, 0) is 49.4 Å². The average molecular weight is 306 g/mol. The maximum absolute atomic E-state index is 12.4. The molecule has 21 heavy (non-hydrogen) atoms. The Kier molecular flexibility index (Phi) is 3.36. The highest BCUT2D eigenvalue weighted by Gasteiger charge is 2.22. The minimum atomic E-state index is -3.71. The Labute approximate surface area is 124 Å². The molecule has 3 rings (SSSR count). The van der Waals surface area contributed by atoms with Gasteiger partial charge in [0.05, 0.1) is 0 Å². The van der Waals surface area contributed by atoms with Crippen molar-refractivity contribution in [2.75, 3.05) is 10.5 Å². The molecule has 0 bridgehead atoms. The van der Waals surface area contributed by atoms with Gasteiger partial charge in [0.1, 0.15) is 4.90 Å². The summed E-state index contributed by atoms with van der Waals surface area (Å²) in [6.45, 7) is 2.44. The molecule has 1 aromatic carbocycles. The van der Waals surface area contributed by atoms with Crippen LogP contribution in [0, 0.1) is 0 Å². The summed E-state index contributed by atoms with van der Waals surface area (Å²) >= 11 is 0. The van der Waals surface area contributed by atoms with Crippen molar-refractivity contribution in [1.29, 1.82) is 0 Å². The van der Waals surface area contributed by atoms with E-state index in [0.717, 1.165) is 19.3 Å². The summed E-state index contributed by atoms with van der Waals surface area (Å²) in [5.41, 5.74) is 8.78. The molecule has 1 aliphatic carbocycles. The Morgan fingerprint density at radius 2 is 2.10 bits per heavy atom. The van der Waals surface area contributed by atoms with Crippen molar-refractivity contribution in [2.24, 2.45) is 0 Å². The van der Waals surface area contributed by atoms with E-state index in [0.29, 0.717) is 12.2 Å². The Bertz CT molecular complexity index is 780. The highest BCUT2D eigenvalue weighted by atomic mass is 32.2. The third kappa shape index (κ3) is 2.61. The lowest BCUT2D eigenvalue weighted by Crippen LogP contribution is -2.14. The van der Waals surface area contributed by atoms with Gasteiger partial charge >= 0.3 is 0 Å². The second-order valence-electron chi connectivity index (χ2n) is 5.18. The number of hydrogen-bond donors (Lipinski definition) is 2. The normalized spacial score (nSPS) is 14.1. The number of aryl methyl sites for hydroxylation is 3. The molecule has 0 spiro atoms. The van der Waals surface area contributed by atoms with Gasteiger partial charge in [0.25, 0.3) is 10.0 Å². The number of nitrogens with one attached hydrogen (secondary N) is 1. The van der Waals surface area contributed by atoms with E-state index in [4.69, 9.17) is 5.73 Å². The van der Waals surface area contributed by atoms with Crippen LogP contribution in [-0.4, -0.2) is 18.2 Å². The fraction of sp³-hybridized carbons (Fsp3) is 0.357. The molecule has 1 aromatic heterocycles. The van der Waals surface area contributed by atoms with Crippen LogP contribution in [0.1, 0.15) is 24.5 Å². The maximum Gasteiger partial charge on any atom is 0.267 e. The lowest BCUT2D eigenvalue weighted by molar-refractivity contribution is 0.600. The largest absolute Gasteiger partial charge is 0.381 e. The minimum Gasteiger partial charge on any atom is -0.381 e. The SMILES string of the molecule is CCn1cc(S(=O)(=O)Nc2ccc3c(c2)CCC3)c(N)n1. The molecule has 0 unspecified atom stereocenters. The molecule has 0 atom stereocenters. The van der Waals surface area contributed by atoms with E-state index in [9.17, 15) is 8.42 Å². The van der Waals surface area contributed by atoms with Crippen molar-refractivity contribution >= 4 is 21.5 Å². The van der Waals surface area contributed by atoms with Crippen molar-refractivity contribution in [3.63, 3.8) is 0 Å². The van der Waals surface area contributed by atoms with E-state index in [1.807, 2.05) is 19.1 Å². The molecule has 0 saturated carbocycles. The maximum atomic E-state index is 12.4. The zero-order valence-electron chi connectivity index (χ0n) is 11.8. The Morgan fingerprint density at radius 3 is 2.81 bits per heavy atom. The summed E-state index contributed by atoms with van der Waals surface area (Å²) in [4.78, 5) is 0.0184. The predicted molar refractivity (Wildman–Crippen MR) is 81.6 cm³/mol. The fourth-order valence-corrected chi connectivity index (χ4v) is 3.76. The number of benzene rings is 1. The molecule has 1 aliphatic rings. The van der Waals surface area contributed by atoms with Gasteiger partial charge in [-0.3, -0.25) is 9.40 Å². The zero-order chi connectivity index (χ0) is 15.0. The molecule has 2 aromatic rings. The number of aromatic nitrogens is 2. The lowest BCUT2D eigenvalue weighted by atomic mass is 10.1. The van der Waals surface area contributed by atoms with Crippen LogP contribution in [0.2, 0.25) is 0 Å². The fourth-order valence-electron chi connectivity index (χ4n) is 2.63. The van der Waals surface area contributed by atoms with Gasteiger partial charge in [0.15, 0.2) is 5.82 Å². The summed E-state index contributed by atoms with van der Waals surface area (Å²) in [6.07, 6.45) is 4.65. The van der Waals surface area contributed by atoms with E-state index in [1.54, 1.807) is 6.07 Å². The van der Waals surface area contributed by atoms with Crippen molar-refractivity contribution in [2.45, 2.75) is 37.6 Å². The molecule has 0 aliphatic heterocycles. The second-order valence-corrected chi connectivity index (χ2v) is 6.83. The van der Waals surface area contributed by atoms with Gasteiger partial charge in [0, 0.05) is 18.4 Å². The number of nitrogens with two attached hydrogens (primary N) is 1. The Hall–Kier alpha value is -2.02. The average Bonchev–Trinajstić information content (AvgIpc) is 3.04. The van der Waals surface area contributed by atoms with Gasteiger partial charge < -0.3 is 5.73 Å². The molecule has 1 heterocycles. The summed E-state index contributed by atoms with van der Waals surface area (Å²) in [7, 11) is -3.71. The summed E-state index contributed by atoms with van der Waals surface area (Å²) in [5, 5.41) is 3.97. The summed E-state index contributed by atoms with van der Waals surface area (Å²) in [6, 6.07) is 5.68. The second kappa shape index (κ2) is 5.07. The molecular weight excluding hydrogens is 288 g/mol. The lowest BCUT2D eigenvalue weighted by Gasteiger charge is -2.08. The van der Waals surface area contributed by atoms with Crippen molar-refractivity contribution in [1.82, 2.24) is 9.78 Å². The van der Waals surface area contributed by atoms with Crippen molar-refractivity contribution in [3.05, 3.63) is 35.5 Å². The number of anilines is 2. The molecular formula is C14H18N4O2S. The third-order valence-electron chi connectivity index (χ3n) is 3.72. The number of hydrogen-bond acceptors (Lipinski definition) is 4. The predicted octanol–water partition coefficient (Wildman–Crippen LogP) is 1.77. The first kappa shape index (κ1) is 13.9. The van der Waals surface area contributed by atoms with Gasteiger partial charge in [-0.2, -0.15) is 5.10 Å². The van der Waals surface area contributed by atoms with Gasteiger partial charge in [0.2, 0.25) is 0 Å². The number of sulfonamides is 1. The Balaban J connectivity index is 1.90.